The molecule has 0 aliphatic carbocycles. The lowest BCUT2D eigenvalue weighted by Gasteiger charge is -2.17. The van der Waals surface area contributed by atoms with Gasteiger partial charge >= 0.3 is 6.18 Å². The zero-order chi connectivity index (χ0) is 10.9. The van der Waals surface area contributed by atoms with Gasteiger partial charge in [-0.25, -0.2) is 0 Å². The summed E-state index contributed by atoms with van der Waals surface area (Å²) >= 11 is 0. The van der Waals surface area contributed by atoms with Crippen molar-refractivity contribution in [3.8, 4) is 0 Å². The highest BCUT2D eigenvalue weighted by atomic mass is 19.4. The van der Waals surface area contributed by atoms with E-state index in [1.807, 2.05) is 0 Å². The molecular weight excluding hydrogens is 199 g/mol. The molecule has 6 heteroatoms. The fourth-order valence-electron chi connectivity index (χ4n) is 1.43. The Hall–Kier alpha value is -1.20. The molecule has 1 aliphatic rings. The molecular formula is C8H10F3NO2. The van der Waals surface area contributed by atoms with Crippen molar-refractivity contribution >= 4 is 5.91 Å². The van der Waals surface area contributed by atoms with Crippen molar-refractivity contribution in [3.05, 3.63) is 11.5 Å². The summed E-state index contributed by atoms with van der Waals surface area (Å²) in [5, 5.41) is 8.87. The van der Waals surface area contributed by atoms with Crippen molar-refractivity contribution in [3.63, 3.8) is 0 Å². The zero-order valence-electron chi connectivity index (χ0n) is 7.56. The molecule has 0 radical (unpaired) electrons. The minimum Gasteiger partial charge on any atom is -0.503 e. The number of nitrogens with zero attached hydrogens (tertiary/aromatic N) is 1. The maximum atomic E-state index is 12.1. The molecule has 0 spiro atoms. The minimum atomic E-state index is -4.77. The van der Waals surface area contributed by atoms with Crippen molar-refractivity contribution < 1.29 is 23.1 Å². The van der Waals surface area contributed by atoms with E-state index in [1.54, 1.807) is 0 Å². The second kappa shape index (κ2) is 3.51. The summed E-state index contributed by atoms with van der Waals surface area (Å²) in [7, 11) is 0. The lowest BCUT2D eigenvalue weighted by molar-refractivity contribution is -0.130. The molecule has 0 aromatic rings. The lowest BCUT2D eigenvalue weighted by atomic mass is 10.2. The van der Waals surface area contributed by atoms with Gasteiger partial charge in [0.25, 0.3) is 0 Å². The Morgan fingerprint density at radius 1 is 1.50 bits per heavy atom. The van der Waals surface area contributed by atoms with Crippen LogP contribution in [0.4, 0.5) is 13.2 Å². The number of alkyl halides is 3. The van der Waals surface area contributed by atoms with E-state index >= 15 is 0 Å². The predicted octanol–water partition coefficient (Wildman–Crippen LogP) is 1.96. The summed E-state index contributed by atoms with van der Waals surface area (Å²) in [6.45, 7) is 1.42. The van der Waals surface area contributed by atoms with Gasteiger partial charge in [-0.3, -0.25) is 4.79 Å². The summed E-state index contributed by atoms with van der Waals surface area (Å²) in [5.74, 6) is -2.13. The number of halogens is 3. The van der Waals surface area contributed by atoms with Gasteiger partial charge in [-0.15, -0.1) is 0 Å². The first kappa shape index (κ1) is 10.9. The van der Waals surface area contributed by atoms with Crippen LogP contribution < -0.4 is 0 Å². The Balaban J connectivity index is 3.01. The number of hydrogen-bond acceptors (Lipinski definition) is 2. The number of allylic oxidation sites excluding steroid dienone is 2. The van der Waals surface area contributed by atoms with Crippen LogP contribution in [0, 0.1) is 0 Å². The van der Waals surface area contributed by atoms with Crippen LogP contribution in [0.15, 0.2) is 11.5 Å². The van der Waals surface area contributed by atoms with Crippen LogP contribution in [0.1, 0.15) is 19.8 Å². The van der Waals surface area contributed by atoms with Gasteiger partial charge in [0.2, 0.25) is 11.7 Å². The van der Waals surface area contributed by atoms with E-state index < -0.39 is 17.8 Å². The van der Waals surface area contributed by atoms with Crippen molar-refractivity contribution in [2.24, 2.45) is 0 Å². The Morgan fingerprint density at radius 2 is 2.07 bits per heavy atom. The van der Waals surface area contributed by atoms with Crippen LogP contribution >= 0.6 is 0 Å². The third-order valence-electron chi connectivity index (χ3n) is 2.04. The third kappa shape index (κ3) is 2.00. The second-order valence-corrected chi connectivity index (χ2v) is 3.07. The molecule has 1 rings (SSSR count). The van der Waals surface area contributed by atoms with Gasteiger partial charge in [-0.1, -0.05) is 0 Å². The highest BCUT2D eigenvalue weighted by Gasteiger charge is 2.39. The molecule has 1 aliphatic heterocycles. The van der Waals surface area contributed by atoms with Gasteiger partial charge < -0.3 is 10.0 Å². The summed E-state index contributed by atoms with van der Waals surface area (Å²) in [4.78, 5) is 11.9. The predicted molar refractivity (Wildman–Crippen MR) is 42.3 cm³/mol. The van der Waals surface area contributed by atoms with Crippen molar-refractivity contribution in [1.29, 1.82) is 0 Å². The average molecular weight is 209 g/mol. The molecule has 1 fully saturated rings. The van der Waals surface area contributed by atoms with Gasteiger partial charge in [0.05, 0.1) is 5.70 Å². The fourth-order valence-corrected chi connectivity index (χ4v) is 1.43. The molecule has 0 saturated carbocycles. The number of carbonyl (C=O) groups excluding carboxylic acids is 1. The van der Waals surface area contributed by atoms with Crippen LogP contribution in [0.2, 0.25) is 0 Å². The summed E-state index contributed by atoms with van der Waals surface area (Å²) in [5.41, 5.74) is -0.315. The largest absolute Gasteiger partial charge is 0.503 e. The molecule has 0 atom stereocenters. The first-order valence-corrected chi connectivity index (χ1v) is 4.11. The molecule has 1 N–H and O–H groups in total. The molecule has 3 nitrogen and oxygen atoms in total. The van der Waals surface area contributed by atoms with Gasteiger partial charge in [0.15, 0.2) is 0 Å². The standard InChI is InChI=1S/C8H10F3NO2/c1-5(13)12-4-2-3-6(12)7(14)8(9,10)11/h14H,2-4H2,1H3/b7-6+. The van der Waals surface area contributed by atoms with Crippen molar-refractivity contribution in [2.75, 3.05) is 6.54 Å². The Kier molecular flexibility index (Phi) is 2.73. The second-order valence-electron chi connectivity index (χ2n) is 3.07. The van der Waals surface area contributed by atoms with Crippen molar-refractivity contribution in [2.45, 2.75) is 25.9 Å². The van der Waals surface area contributed by atoms with E-state index in [2.05, 4.69) is 0 Å². The number of hydrogen-bond donors (Lipinski definition) is 1. The van der Waals surface area contributed by atoms with Crippen LogP contribution in [0.5, 0.6) is 0 Å². The molecule has 80 valence electrons. The van der Waals surface area contributed by atoms with Gasteiger partial charge in [-0.2, -0.15) is 13.2 Å². The maximum Gasteiger partial charge on any atom is 0.450 e. The molecule has 0 aromatic carbocycles. The highest BCUT2D eigenvalue weighted by molar-refractivity contribution is 5.75. The number of carbonyl (C=O) groups is 1. The zero-order valence-corrected chi connectivity index (χ0v) is 7.56. The van der Waals surface area contributed by atoms with E-state index in [0.29, 0.717) is 6.42 Å². The SMILES string of the molecule is CC(=O)N1CCC/C1=C(\O)C(F)(F)F. The number of amides is 1. The highest BCUT2D eigenvalue weighted by Crippen LogP contribution is 2.32. The molecule has 0 unspecified atom stereocenters. The molecule has 0 bridgehead atoms. The summed E-state index contributed by atoms with van der Waals surface area (Å²) < 4.78 is 36.3. The quantitative estimate of drug-likeness (QED) is 0.619. The van der Waals surface area contributed by atoms with Crippen LogP contribution in [0.3, 0.4) is 0 Å². The van der Waals surface area contributed by atoms with E-state index in [1.165, 1.54) is 6.92 Å². The number of likely N-dealkylation sites (tertiary alicyclic amines) is 1. The number of rotatable bonds is 0. The molecule has 1 amide bonds. The number of aliphatic hydroxyl groups excluding tert-OH is 1. The van der Waals surface area contributed by atoms with Crippen LogP contribution in [-0.4, -0.2) is 28.6 Å². The van der Waals surface area contributed by atoms with Gasteiger partial charge in [-0.05, 0) is 12.8 Å². The van der Waals surface area contributed by atoms with E-state index in [0.717, 1.165) is 4.90 Å². The van der Waals surface area contributed by atoms with Crippen LogP contribution in [0.25, 0.3) is 0 Å². The fraction of sp³-hybridized carbons (Fsp3) is 0.625. The molecule has 1 saturated heterocycles. The molecule has 14 heavy (non-hydrogen) atoms. The van der Waals surface area contributed by atoms with E-state index in [-0.39, 0.29) is 18.7 Å². The first-order chi connectivity index (χ1) is 6.34. The number of aliphatic hydroxyl groups is 1. The van der Waals surface area contributed by atoms with Crippen LogP contribution in [-0.2, 0) is 4.79 Å². The van der Waals surface area contributed by atoms with E-state index in [4.69, 9.17) is 5.11 Å². The summed E-state index contributed by atoms with van der Waals surface area (Å²) in [6.07, 6.45) is -4.23. The van der Waals surface area contributed by atoms with Crippen molar-refractivity contribution in [1.82, 2.24) is 4.90 Å². The first-order valence-electron chi connectivity index (χ1n) is 4.11. The maximum absolute atomic E-state index is 12.1. The monoisotopic (exact) mass is 209 g/mol. The normalized spacial score (nSPS) is 21.3. The molecule has 0 aromatic heterocycles. The Labute approximate surface area is 78.8 Å². The molecule has 1 heterocycles. The lowest BCUT2D eigenvalue weighted by Crippen LogP contribution is -2.27. The summed E-state index contributed by atoms with van der Waals surface area (Å²) in [6, 6.07) is 0. The minimum absolute atomic E-state index is 0.0882. The van der Waals surface area contributed by atoms with Gasteiger partial charge in [0, 0.05) is 13.5 Å². The smallest absolute Gasteiger partial charge is 0.450 e. The Bertz CT molecular complexity index is 283. The Morgan fingerprint density at radius 3 is 2.50 bits per heavy atom. The topological polar surface area (TPSA) is 40.5 Å². The van der Waals surface area contributed by atoms with Gasteiger partial charge in [0.1, 0.15) is 0 Å². The van der Waals surface area contributed by atoms with E-state index in [9.17, 15) is 18.0 Å². The average Bonchev–Trinajstić information content (AvgIpc) is 2.48. The third-order valence-corrected chi connectivity index (χ3v) is 2.04.